The molecule has 3 N–H and O–H groups in total. The standard InChI is InChI=1S/C12H17FN4O3/c1-3-16(2)5-4-15-12(18)8-6-10(14)9(13)7-11(8)17(19)20/h6-7H,3-5,14H2,1-2H3,(H,15,18). The molecule has 1 amide bonds. The quantitative estimate of drug-likeness (QED) is 0.461. The SMILES string of the molecule is CCN(C)CCNC(=O)c1cc(N)c(F)cc1[N+](=O)[O-]. The van der Waals surface area contributed by atoms with Crippen molar-refractivity contribution >= 4 is 17.3 Å². The number of nitrogens with one attached hydrogen (secondary N) is 1. The van der Waals surface area contributed by atoms with Gasteiger partial charge in [-0.25, -0.2) is 4.39 Å². The molecule has 0 aliphatic carbocycles. The van der Waals surface area contributed by atoms with E-state index in [1.54, 1.807) is 0 Å². The molecular formula is C12H17FN4O3. The Bertz CT molecular complexity index is 522. The van der Waals surface area contributed by atoms with Crippen molar-refractivity contribution < 1.29 is 14.1 Å². The fraction of sp³-hybridized carbons (Fsp3) is 0.417. The molecule has 0 atom stereocenters. The molecule has 0 radical (unpaired) electrons. The van der Waals surface area contributed by atoms with Gasteiger partial charge in [0.05, 0.1) is 16.7 Å². The van der Waals surface area contributed by atoms with Crippen LogP contribution in [0, 0.1) is 15.9 Å². The lowest BCUT2D eigenvalue weighted by Crippen LogP contribution is -2.33. The second-order valence-electron chi connectivity index (χ2n) is 4.30. The zero-order valence-electron chi connectivity index (χ0n) is 11.4. The third-order valence-electron chi connectivity index (χ3n) is 2.88. The highest BCUT2D eigenvalue weighted by Gasteiger charge is 2.22. The van der Waals surface area contributed by atoms with Crippen molar-refractivity contribution in [3.63, 3.8) is 0 Å². The van der Waals surface area contributed by atoms with Crippen LogP contribution in [0.4, 0.5) is 15.8 Å². The third-order valence-corrected chi connectivity index (χ3v) is 2.88. The number of carbonyl (C=O) groups excluding carboxylic acids is 1. The minimum absolute atomic E-state index is 0.243. The summed E-state index contributed by atoms with van der Waals surface area (Å²) >= 11 is 0. The van der Waals surface area contributed by atoms with Gasteiger partial charge in [0.25, 0.3) is 11.6 Å². The second kappa shape index (κ2) is 6.80. The zero-order valence-corrected chi connectivity index (χ0v) is 11.4. The molecule has 0 aliphatic rings. The van der Waals surface area contributed by atoms with Gasteiger partial charge in [-0.3, -0.25) is 14.9 Å². The summed E-state index contributed by atoms with van der Waals surface area (Å²) in [6, 6.07) is 1.63. The van der Waals surface area contributed by atoms with Crippen LogP contribution in [-0.2, 0) is 0 Å². The molecule has 110 valence electrons. The molecule has 20 heavy (non-hydrogen) atoms. The number of halogens is 1. The Morgan fingerprint density at radius 1 is 1.55 bits per heavy atom. The van der Waals surface area contributed by atoms with Crippen LogP contribution in [0.2, 0.25) is 0 Å². The van der Waals surface area contributed by atoms with Crippen molar-refractivity contribution in [1.29, 1.82) is 0 Å². The molecule has 0 unspecified atom stereocenters. The average molecular weight is 284 g/mol. The fourth-order valence-electron chi connectivity index (χ4n) is 1.53. The summed E-state index contributed by atoms with van der Waals surface area (Å²) in [6.45, 7) is 3.72. The molecule has 0 fully saturated rings. The zero-order chi connectivity index (χ0) is 15.3. The van der Waals surface area contributed by atoms with Gasteiger partial charge in [0.1, 0.15) is 5.56 Å². The summed E-state index contributed by atoms with van der Waals surface area (Å²) in [4.78, 5) is 23.9. The van der Waals surface area contributed by atoms with E-state index < -0.39 is 22.3 Å². The summed E-state index contributed by atoms with van der Waals surface area (Å²) in [5.41, 5.74) is 4.20. The third kappa shape index (κ3) is 3.89. The monoisotopic (exact) mass is 284 g/mol. The summed E-state index contributed by atoms with van der Waals surface area (Å²) in [7, 11) is 1.88. The van der Waals surface area contributed by atoms with E-state index in [0.29, 0.717) is 19.2 Å². The van der Waals surface area contributed by atoms with Crippen molar-refractivity contribution in [1.82, 2.24) is 10.2 Å². The number of rotatable bonds is 6. The maximum Gasteiger partial charge on any atom is 0.285 e. The predicted octanol–water partition coefficient (Wildman–Crippen LogP) is 0.998. The molecule has 0 aromatic heterocycles. The van der Waals surface area contributed by atoms with Crippen LogP contribution in [0.15, 0.2) is 12.1 Å². The maximum atomic E-state index is 13.2. The molecule has 0 aliphatic heterocycles. The lowest BCUT2D eigenvalue weighted by atomic mass is 10.1. The van der Waals surface area contributed by atoms with E-state index in [4.69, 9.17) is 5.73 Å². The van der Waals surface area contributed by atoms with Gasteiger partial charge in [-0.2, -0.15) is 0 Å². The Kier molecular flexibility index (Phi) is 5.39. The van der Waals surface area contributed by atoms with Crippen LogP contribution in [0.1, 0.15) is 17.3 Å². The number of nitrogen functional groups attached to an aromatic ring is 1. The number of nitro groups is 1. The summed E-state index contributed by atoms with van der Waals surface area (Å²) < 4.78 is 13.2. The molecule has 0 saturated heterocycles. The van der Waals surface area contributed by atoms with Gasteiger partial charge in [-0.15, -0.1) is 0 Å². The van der Waals surface area contributed by atoms with E-state index in [2.05, 4.69) is 5.32 Å². The first-order valence-corrected chi connectivity index (χ1v) is 6.07. The van der Waals surface area contributed by atoms with Gasteiger partial charge in [-0.05, 0) is 19.7 Å². The molecule has 8 heteroatoms. The Hall–Kier alpha value is -2.22. The topological polar surface area (TPSA) is 102 Å². The highest BCUT2D eigenvalue weighted by Crippen LogP contribution is 2.24. The summed E-state index contributed by atoms with van der Waals surface area (Å²) in [5, 5.41) is 13.4. The van der Waals surface area contributed by atoms with E-state index in [9.17, 15) is 19.3 Å². The molecule has 0 bridgehead atoms. The minimum Gasteiger partial charge on any atom is -0.396 e. The van der Waals surface area contributed by atoms with E-state index in [1.165, 1.54) is 0 Å². The van der Waals surface area contributed by atoms with Crippen LogP contribution in [0.25, 0.3) is 0 Å². The van der Waals surface area contributed by atoms with Gasteiger partial charge in [0.15, 0.2) is 5.82 Å². The number of amides is 1. The first kappa shape index (κ1) is 15.8. The van der Waals surface area contributed by atoms with E-state index in [1.807, 2.05) is 18.9 Å². The van der Waals surface area contributed by atoms with Gasteiger partial charge in [0, 0.05) is 13.1 Å². The minimum atomic E-state index is -0.918. The lowest BCUT2D eigenvalue weighted by Gasteiger charge is -2.14. The number of likely N-dealkylation sites (N-methyl/N-ethyl adjacent to an activating group) is 1. The number of nitrogens with zero attached hydrogens (tertiary/aromatic N) is 2. The predicted molar refractivity (Wildman–Crippen MR) is 73.0 cm³/mol. The Morgan fingerprint density at radius 3 is 2.75 bits per heavy atom. The largest absolute Gasteiger partial charge is 0.396 e. The van der Waals surface area contributed by atoms with E-state index >= 15 is 0 Å². The van der Waals surface area contributed by atoms with Crippen LogP contribution >= 0.6 is 0 Å². The second-order valence-corrected chi connectivity index (χ2v) is 4.30. The highest BCUT2D eigenvalue weighted by molar-refractivity contribution is 5.99. The smallest absolute Gasteiger partial charge is 0.285 e. The number of anilines is 1. The number of nitro benzene ring substituents is 1. The van der Waals surface area contributed by atoms with Crippen molar-refractivity contribution in [2.75, 3.05) is 32.4 Å². The molecule has 0 spiro atoms. The Balaban J connectivity index is 2.86. The molecule has 0 heterocycles. The normalized spacial score (nSPS) is 10.6. The molecule has 1 aromatic carbocycles. The van der Waals surface area contributed by atoms with Crippen LogP contribution in [0.5, 0.6) is 0 Å². The van der Waals surface area contributed by atoms with Crippen LogP contribution in [0.3, 0.4) is 0 Å². The van der Waals surface area contributed by atoms with Crippen LogP contribution < -0.4 is 11.1 Å². The molecule has 1 aromatic rings. The van der Waals surface area contributed by atoms with Gasteiger partial charge in [-0.1, -0.05) is 6.92 Å². The average Bonchev–Trinajstić information content (AvgIpc) is 2.40. The van der Waals surface area contributed by atoms with Crippen molar-refractivity contribution in [2.24, 2.45) is 0 Å². The summed E-state index contributed by atoms with van der Waals surface area (Å²) in [6.07, 6.45) is 0. The van der Waals surface area contributed by atoms with Gasteiger partial charge < -0.3 is 16.0 Å². The van der Waals surface area contributed by atoms with E-state index in [-0.39, 0.29) is 11.3 Å². The van der Waals surface area contributed by atoms with Crippen molar-refractivity contribution in [3.05, 3.63) is 33.6 Å². The van der Waals surface area contributed by atoms with Crippen LogP contribution in [-0.4, -0.2) is 42.4 Å². The fourth-order valence-corrected chi connectivity index (χ4v) is 1.53. The number of hydrogen-bond acceptors (Lipinski definition) is 5. The number of carbonyl (C=O) groups is 1. The van der Waals surface area contributed by atoms with Gasteiger partial charge in [0.2, 0.25) is 0 Å². The Labute approximate surface area is 115 Å². The number of nitrogens with two attached hydrogens (primary N) is 1. The summed E-state index contributed by atoms with van der Waals surface area (Å²) in [5.74, 6) is -1.56. The first-order valence-electron chi connectivity index (χ1n) is 6.07. The van der Waals surface area contributed by atoms with E-state index in [0.717, 1.165) is 12.6 Å². The molecule has 1 rings (SSSR count). The Morgan fingerprint density at radius 2 is 2.20 bits per heavy atom. The first-order chi connectivity index (χ1) is 9.36. The number of hydrogen-bond donors (Lipinski definition) is 2. The van der Waals surface area contributed by atoms with Crippen molar-refractivity contribution in [2.45, 2.75) is 6.92 Å². The lowest BCUT2D eigenvalue weighted by molar-refractivity contribution is -0.385. The maximum absolute atomic E-state index is 13.2. The molecular weight excluding hydrogens is 267 g/mol. The highest BCUT2D eigenvalue weighted by atomic mass is 19.1. The molecule has 7 nitrogen and oxygen atoms in total. The number of benzene rings is 1. The molecule has 0 saturated carbocycles. The van der Waals surface area contributed by atoms with Crippen molar-refractivity contribution in [3.8, 4) is 0 Å². The van der Waals surface area contributed by atoms with Gasteiger partial charge >= 0.3 is 0 Å².